The first-order valence-corrected chi connectivity index (χ1v) is 9.05. The Kier molecular flexibility index (Phi) is 5.48. The molecule has 0 saturated heterocycles. The lowest BCUT2D eigenvalue weighted by molar-refractivity contribution is 0.103. The Labute approximate surface area is 147 Å². The maximum absolute atomic E-state index is 12.6. The summed E-state index contributed by atoms with van der Waals surface area (Å²) in [6, 6.07) is 3.88. The highest BCUT2D eigenvalue weighted by atomic mass is 35.5. The number of thiazole rings is 1. The van der Waals surface area contributed by atoms with Crippen LogP contribution in [0.3, 0.4) is 0 Å². The van der Waals surface area contributed by atoms with Crippen molar-refractivity contribution in [3.05, 3.63) is 44.4 Å². The Hall–Kier alpha value is -1.39. The summed E-state index contributed by atoms with van der Waals surface area (Å²) in [5.41, 5.74) is 2.88. The van der Waals surface area contributed by atoms with Gasteiger partial charge in [0.15, 0.2) is 0 Å². The van der Waals surface area contributed by atoms with Crippen molar-refractivity contribution in [2.24, 2.45) is 0 Å². The minimum atomic E-state index is -0.121. The molecule has 0 radical (unpaired) electrons. The molecule has 3 nitrogen and oxygen atoms in total. The summed E-state index contributed by atoms with van der Waals surface area (Å²) >= 11 is 7.73. The van der Waals surface area contributed by atoms with Gasteiger partial charge in [0, 0.05) is 16.1 Å². The first-order chi connectivity index (χ1) is 10.8. The predicted octanol–water partition coefficient (Wildman–Crippen LogP) is 5.47. The van der Waals surface area contributed by atoms with E-state index in [4.69, 9.17) is 11.6 Å². The van der Waals surface area contributed by atoms with Gasteiger partial charge in [-0.1, -0.05) is 52.3 Å². The van der Waals surface area contributed by atoms with E-state index in [-0.39, 0.29) is 11.3 Å². The number of carbonyl (C=O) groups excluding carboxylic acids is 1. The number of aromatic nitrogens is 1. The van der Waals surface area contributed by atoms with Crippen molar-refractivity contribution in [1.29, 1.82) is 0 Å². The van der Waals surface area contributed by atoms with Gasteiger partial charge >= 0.3 is 0 Å². The monoisotopic (exact) mass is 350 g/mol. The van der Waals surface area contributed by atoms with Gasteiger partial charge in [-0.2, -0.15) is 0 Å². The predicted molar refractivity (Wildman–Crippen MR) is 99.0 cm³/mol. The van der Waals surface area contributed by atoms with Crippen molar-refractivity contribution in [3.63, 3.8) is 0 Å². The van der Waals surface area contributed by atoms with Crippen molar-refractivity contribution in [1.82, 2.24) is 4.98 Å². The molecule has 5 heteroatoms. The van der Waals surface area contributed by atoms with E-state index in [1.807, 2.05) is 19.1 Å². The van der Waals surface area contributed by atoms with Gasteiger partial charge in [-0.05, 0) is 30.0 Å². The molecule has 124 valence electrons. The lowest BCUT2D eigenvalue weighted by Gasteiger charge is -2.15. The summed E-state index contributed by atoms with van der Waals surface area (Å²) in [6.07, 6.45) is 3.27. The summed E-state index contributed by atoms with van der Waals surface area (Å²) in [5.74, 6) is -0.121. The van der Waals surface area contributed by atoms with Crippen LogP contribution >= 0.6 is 22.9 Å². The molecule has 0 fully saturated rings. The lowest BCUT2D eigenvalue weighted by atomic mass is 9.98. The van der Waals surface area contributed by atoms with Gasteiger partial charge in [0.1, 0.15) is 4.88 Å². The third-order valence-electron chi connectivity index (χ3n) is 3.69. The first kappa shape index (κ1) is 18.0. The SMILES string of the molecule is CCc1ccc(Cl)c(CC)c1NC(=O)c1cnc(C(C)(C)C)s1. The average Bonchev–Trinajstić information content (AvgIpc) is 2.98. The second-order valence-electron chi connectivity index (χ2n) is 6.50. The fraction of sp³-hybridized carbons (Fsp3) is 0.444. The van der Waals surface area contributed by atoms with Gasteiger partial charge in [-0.3, -0.25) is 4.79 Å². The van der Waals surface area contributed by atoms with E-state index < -0.39 is 0 Å². The maximum Gasteiger partial charge on any atom is 0.267 e. The molecule has 0 spiro atoms. The highest BCUT2D eigenvalue weighted by molar-refractivity contribution is 7.13. The highest BCUT2D eigenvalue weighted by Crippen LogP contribution is 2.31. The number of aryl methyl sites for hydroxylation is 1. The van der Waals surface area contributed by atoms with Crippen LogP contribution in [0.4, 0.5) is 5.69 Å². The third-order valence-corrected chi connectivity index (χ3v) is 5.46. The van der Waals surface area contributed by atoms with Crippen molar-refractivity contribution in [2.75, 3.05) is 5.32 Å². The molecule has 0 saturated carbocycles. The summed E-state index contributed by atoms with van der Waals surface area (Å²) < 4.78 is 0. The number of hydrogen-bond donors (Lipinski definition) is 1. The smallest absolute Gasteiger partial charge is 0.267 e. The number of nitrogens with zero attached hydrogens (tertiary/aromatic N) is 1. The minimum absolute atomic E-state index is 0.0532. The van der Waals surface area contributed by atoms with Crippen LogP contribution in [0.1, 0.15) is 60.4 Å². The van der Waals surface area contributed by atoms with Gasteiger partial charge < -0.3 is 5.32 Å². The lowest BCUT2D eigenvalue weighted by Crippen LogP contribution is -2.14. The molecule has 0 aliphatic carbocycles. The quantitative estimate of drug-likeness (QED) is 0.794. The molecule has 1 N–H and O–H groups in total. The topological polar surface area (TPSA) is 42.0 Å². The van der Waals surface area contributed by atoms with Crippen molar-refractivity contribution in [2.45, 2.75) is 52.9 Å². The number of amides is 1. The number of hydrogen-bond acceptors (Lipinski definition) is 3. The van der Waals surface area contributed by atoms with E-state index in [9.17, 15) is 4.79 Å². The number of rotatable bonds is 4. The third kappa shape index (κ3) is 3.93. The molecule has 1 aromatic carbocycles. The van der Waals surface area contributed by atoms with Gasteiger partial charge in [0.25, 0.3) is 5.91 Å². The Morgan fingerprint density at radius 2 is 1.96 bits per heavy atom. The molecule has 2 aromatic rings. The van der Waals surface area contributed by atoms with Gasteiger partial charge in [0.05, 0.1) is 11.2 Å². The highest BCUT2D eigenvalue weighted by Gasteiger charge is 2.21. The second kappa shape index (κ2) is 7.02. The Morgan fingerprint density at radius 1 is 1.26 bits per heavy atom. The largest absolute Gasteiger partial charge is 0.321 e. The van der Waals surface area contributed by atoms with Crippen LogP contribution in [0.5, 0.6) is 0 Å². The zero-order chi connectivity index (χ0) is 17.2. The van der Waals surface area contributed by atoms with Crippen LogP contribution < -0.4 is 5.32 Å². The molecule has 0 atom stereocenters. The van der Waals surface area contributed by atoms with Crippen LogP contribution in [-0.2, 0) is 18.3 Å². The molecular weight excluding hydrogens is 328 g/mol. The Morgan fingerprint density at radius 3 is 2.48 bits per heavy atom. The Bertz CT molecular complexity index is 716. The molecule has 0 aliphatic heterocycles. The van der Waals surface area contributed by atoms with Crippen LogP contribution in [0.25, 0.3) is 0 Å². The van der Waals surface area contributed by atoms with E-state index in [1.165, 1.54) is 11.3 Å². The summed E-state index contributed by atoms with van der Waals surface area (Å²) in [7, 11) is 0. The first-order valence-electron chi connectivity index (χ1n) is 7.85. The molecule has 0 aliphatic rings. The molecule has 0 unspecified atom stereocenters. The number of nitrogens with one attached hydrogen (secondary N) is 1. The zero-order valence-corrected chi connectivity index (χ0v) is 15.9. The number of anilines is 1. The number of halogens is 1. The van der Waals surface area contributed by atoms with Crippen molar-refractivity contribution < 1.29 is 4.79 Å². The van der Waals surface area contributed by atoms with E-state index in [2.05, 4.69) is 38.0 Å². The summed E-state index contributed by atoms with van der Waals surface area (Å²) in [5, 5.41) is 4.70. The molecule has 2 rings (SSSR count). The average molecular weight is 351 g/mol. The molecule has 1 heterocycles. The zero-order valence-electron chi connectivity index (χ0n) is 14.3. The van der Waals surface area contributed by atoms with E-state index in [0.717, 1.165) is 34.7 Å². The van der Waals surface area contributed by atoms with E-state index in [1.54, 1.807) is 6.20 Å². The van der Waals surface area contributed by atoms with Gasteiger partial charge in [0.2, 0.25) is 0 Å². The molecule has 0 bridgehead atoms. The van der Waals surface area contributed by atoms with Gasteiger partial charge in [-0.15, -0.1) is 11.3 Å². The van der Waals surface area contributed by atoms with Gasteiger partial charge in [-0.25, -0.2) is 4.98 Å². The van der Waals surface area contributed by atoms with Crippen LogP contribution in [-0.4, -0.2) is 10.9 Å². The molecule has 1 amide bonds. The minimum Gasteiger partial charge on any atom is -0.321 e. The Balaban J connectivity index is 2.34. The second-order valence-corrected chi connectivity index (χ2v) is 7.94. The fourth-order valence-corrected chi connectivity index (χ4v) is 3.53. The van der Waals surface area contributed by atoms with Crippen molar-refractivity contribution >= 4 is 34.5 Å². The van der Waals surface area contributed by atoms with Crippen LogP contribution in [0.15, 0.2) is 18.3 Å². The summed E-state index contributed by atoms with van der Waals surface area (Å²) in [6.45, 7) is 10.4. The van der Waals surface area contributed by atoms with Crippen molar-refractivity contribution in [3.8, 4) is 0 Å². The molecule has 1 aromatic heterocycles. The maximum atomic E-state index is 12.6. The number of benzene rings is 1. The normalized spacial score (nSPS) is 11.6. The van der Waals surface area contributed by atoms with Crippen LogP contribution in [0, 0.1) is 0 Å². The van der Waals surface area contributed by atoms with E-state index in [0.29, 0.717) is 9.90 Å². The fourth-order valence-electron chi connectivity index (χ4n) is 2.37. The molecular formula is C18H23ClN2OS. The standard InChI is InChI=1S/C18H23ClN2OS/c1-6-11-8-9-13(19)12(7-2)15(11)21-16(22)14-10-20-17(23-14)18(3,4)5/h8-10H,6-7H2,1-5H3,(H,21,22). The number of carbonyl (C=O) groups is 1. The van der Waals surface area contributed by atoms with Crippen LogP contribution in [0.2, 0.25) is 5.02 Å². The molecule has 23 heavy (non-hydrogen) atoms. The summed E-state index contributed by atoms with van der Waals surface area (Å²) in [4.78, 5) is 17.6. The van der Waals surface area contributed by atoms with E-state index >= 15 is 0 Å².